The first-order valence-electron chi connectivity index (χ1n) is 6.44. The van der Waals surface area contributed by atoms with E-state index < -0.39 is 0 Å². The van der Waals surface area contributed by atoms with Gasteiger partial charge >= 0.3 is 0 Å². The van der Waals surface area contributed by atoms with Crippen LogP contribution in [0.15, 0.2) is 49.1 Å². The Morgan fingerprint density at radius 1 is 1.29 bits per heavy atom. The zero-order chi connectivity index (χ0) is 14.7. The second-order valence-electron chi connectivity index (χ2n) is 4.56. The standard InChI is InChI=1S/C14H14N6O/c1-19-16-7-13(18-19)17-14(21)9-20-8-12(15-10-20)11-5-3-2-4-6-11/h2-8,10H,9H2,1H3,(H,17,18,21). The average molecular weight is 282 g/mol. The van der Waals surface area contributed by atoms with Gasteiger partial charge in [0, 0.05) is 18.8 Å². The monoisotopic (exact) mass is 282 g/mol. The predicted molar refractivity (Wildman–Crippen MR) is 77.3 cm³/mol. The minimum Gasteiger partial charge on any atom is -0.327 e. The number of nitrogens with zero attached hydrogens (tertiary/aromatic N) is 5. The van der Waals surface area contributed by atoms with E-state index in [1.165, 1.54) is 11.0 Å². The molecule has 0 bridgehead atoms. The van der Waals surface area contributed by atoms with Gasteiger partial charge in [-0.15, -0.1) is 5.10 Å². The quantitative estimate of drug-likeness (QED) is 0.782. The van der Waals surface area contributed by atoms with E-state index >= 15 is 0 Å². The summed E-state index contributed by atoms with van der Waals surface area (Å²) in [6.45, 7) is 0.177. The molecule has 3 aromatic rings. The second kappa shape index (κ2) is 5.58. The van der Waals surface area contributed by atoms with Crippen LogP contribution in [0.3, 0.4) is 0 Å². The Labute approximate surface area is 121 Å². The van der Waals surface area contributed by atoms with E-state index in [4.69, 9.17) is 0 Å². The Morgan fingerprint density at radius 2 is 2.10 bits per heavy atom. The van der Waals surface area contributed by atoms with Gasteiger partial charge in [-0.3, -0.25) is 4.79 Å². The number of carbonyl (C=O) groups is 1. The van der Waals surface area contributed by atoms with Crippen molar-refractivity contribution in [2.75, 3.05) is 5.32 Å². The number of rotatable bonds is 4. The van der Waals surface area contributed by atoms with Gasteiger partial charge in [-0.1, -0.05) is 30.3 Å². The maximum absolute atomic E-state index is 11.9. The lowest BCUT2D eigenvalue weighted by Crippen LogP contribution is -2.18. The Balaban J connectivity index is 1.66. The molecular formula is C14H14N6O. The van der Waals surface area contributed by atoms with Crippen LogP contribution in [0.4, 0.5) is 5.82 Å². The summed E-state index contributed by atoms with van der Waals surface area (Å²) in [6.07, 6.45) is 4.98. The normalized spacial score (nSPS) is 10.5. The van der Waals surface area contributed by atoms with Crippen LogP contribution in [0, 0.1) is 0 Å². The van der Waals surface area contributed by atoms with Crippen molar-refractivity contribution in [2.45, 2.75) is 6.54 Å². The van der Waals surface area contributed by atoms with E-state index in [1.54, 1.807) is 17.9 Å². The zero-order valence-corrected chi connectivity index (χ0v) is 11.5. The van der Waals surface area contributed by atoms with Gasteiger partial charge in [0.15, 0.2) is 5.82 Å². The highest BCUT2D eigenvalue weighted by atomic mass is 16.2. The maximum atomic E-state index is 11.9. The van der Waals surface area contributed by atoms with E-state index in [0.717, 1.165) is 11.3 Å². The fraction of sp³-hybridized carbons (Fsp3) is 0.143. The molecule has 21 heavy (non-hydrogen) atoms. The molecular weight excluding hydrogens is 268 g/mol. The van der Waals surface area contributed by atoms with E-state index in [9.17, 15) is 4.79 Å². The minimum absolute atomic E-state index is 0.174. The molecule has 1 amide bonds. The largest absolute Gasteiger partial charge is 0.327 e. The summed E-state index contributed by atoms with van der Waals surface area (Å²) >= 11 is 0. The van der Waals surface area contributed by atoms with E-state index in [-0.39, 0.29) is 12.5 Å². The van der Waals surface area contributed by atoms with Crippen molar-refractivity contribution in [3.63, 3.8) is 0 Å². The minimum atomic E-state index is -0.174. The highest BCUT2D eigenvalue weighted by molar-refractivity contribution is 5.89. The van der Waals surface area contributed by atoms with Crippen LogP contribution in [-0.4, -0.2) is 30.5 Å². The fourth-order valence-corrected chi connectivity index (χ4v) is 1.96. The van der Waals surface area contributed by atoms with Crippen molar-refractivity contribution in [1.29, 1.82) is 0 Å². The molecule has 1 N–H and O–H groups in total. The number of aromatic nitrogens is 5. The fourth-order valence-electron chi connectivity index (χ4n) is 1.96. The van der Waals surface area contributed by atoms with Crippen LogP contribution in [0.5, 0.6) is 0 Å². The first kappa shape index (κ1) is 13.0. The third-order valence-electron chi connectivity index (χ3n) is 2.90. The van der Waals surface area contributed by atoms with Gasteiger partial charge in [0.05, 0.1) is 18.2 Å². The van der Waals surface area contributed by atoms with Crippen molar-refractivity contribution in [1.82, 2.24) is 24.5 Å². The Kier molecular flexibility index (Phi) is 3.46. The molecule has 0 saturated carbocycles. The number of anilines is 1. The molecule has 0 fully saturated rings. The SMILES string of the molecule is Cn1ncc(NC(=O)Cn2cnc(-c3ccccc3)c2)n1. The zero-order valence-electron chi connectivity index (χ0n) is 11.5. The van der Waals surface area contributed by atoms with Gasteiger partial charge in [-0.25, -0.2) is 4.98 Å². The molecule has 0 unspecified atom stereocenters. The van der Waals surface area contributed by atoms with E-state index in [2.05, 4.69) is 20.5 Å². The number of nitrogens with one attached hydrogen (secondary N) is 1. The van der Waals surface area contributed by atoms with Gasteiger partial charge in [0.25, 0.3) is 0 Å². The molecule has 106 valence electrons. The van der Waals surface area contributed by atoms with Crippen LogP contribution >= 0.6 is 0 Å². The molecule has 2 heterocycles. The first-order chi connectivity index (χ1) is 10.2. The van der Waals surface area contributed by atoms with Crippen LogP contribution in [0.25, 0.3) is 11.3 Å². The Morgan fingerprint density at radius 3 is 2.81 bits per heavy atom. The number of hydrogen-bond acceptors (Lipinski definition) is 4. The summed E-state index contributed by atoms with van der Waals surface area (Å²) in [6, 6.07) is 9.82. The Bertz CT molecular complexity index is 746. The summed E-state index contributed by atoms with van der Waals surface area (Å²) in [4.78, 5) is 17.6. The van der Waals surface area contributed by atoms with Crippen LogP contribution in [0.2, 0.25) is 0 Å². The van der Waals surface area contributed by atoms with Gasteiger partial charge < -0.3 is 9.88 Å². The molecule has 0 aliphatic rings. The number of carbonyl (C=O) groups excluding carboxylic acids is 1. The van der Waals surface area contributed by atoms with E-state index in [1.807, 2.05) is 36.5 Å². The maximum Gasteiger partial charge on any atom is 0.245 e. The van der Waals surface area contributed by atoms with Crippen molar-refractivity contribution in [2.24, 2.45) is 7.05 Å². The lowest BCUT2D eigenvalue weighted by atomic mass is 10.2. The van der Waals surface area contributed by atoms with Crippen LogP contribution in [-0.2, 0) is 18.4 Å². The van der Waals surface area contributed by atoms with Crippen molar-refractivity contribution in [3.05, 3.63) is 49.1 Å². The smallest absolute Gasteiger partial charge is 0.245 e. The first-order valence-corrected chi connectivity index (χ1v) is 6.44. The Hall–Kier alpha value is -2.96. The molecule has 0 aliphatic carbocycles. The van der Waals surface area contributed by atoms with Crippen molar-refractivity contribution >= 4 is 11.7 Å². The molecule has 0 spiro atoms. The molecule has 7 heteroatoms. The summed E-state index contributed by atoms with van der Waals surface area (Å²) < 4.78 is 1.73. The van der Waals surface area contributed by atoms with Gasteiger partial charge in [-0.2, -0.15) is 9.90 Å². The van der Waals surface area contributed by atoms with Gasteiger partial charge in [0.1, 0.15) is 6.54 Å². The summed E-state index contributed by atoms with van der Waals surface area (Å²) in [5.41, 5.74) is 1.86. The molecule has 0 radical (unpaired) electrons. The molecule has 7 nitrogen and oxygen atoms in total. The number of benzene rings is 1. The number of imidazole rings is 1. The third-order valence-corrected chi connectivity index (χ3v) is 2.90. The highest BCUT2D eigenvalue weighted by Gasteiger charge is 2.07. The van der Waals surface area contributed by atoms with Crippen molar-refractivity contribution in [3.8, 4) is 11.3 Å². The highest BCUT2D eigenvalue weighted by Crippen LogP contribution is 2.15. The summed E-state index contributed by atoms with van der Waals surface area (Å²) in [7, 11) is 1.69. The molecule has 1 aromatic carbocycles. The van der Waals surface area contributed by atoms with Gasteiger partial charge in [-0.05, 0) is 0 Å². The van der Waals surface area contributed by atoms with Crippen LogP contribution in [0.1, 0.15) is 0 Å². The molecule has 0 saturated heterocycles. The molecule has 2 aromatic heterocycles. The molecule has 3 rings (SSSR count). The summed E-state index contributed by atoms with van der Waals surface area (Å²) in [5.74, 6) is 0.262. The van der Waals surface area contributed by atoms with Crippen LogP contribution < -0.4 is 5.32 Å². The van der Waals surface area contributed by atoms with Gasteiger partial charge in [0.2, 0.25) is 5.91 Å². The number of amides is 1. The third kappa shape index (κ3) is 3.14. The average Bonchev–Trinajstić information content (AvgIpc) is 3.09. The second-order valence-corrected chi connectivity index (χ2v) is 4.56. The predicted octanol–water partition coefficient (Wildman–Crippen LogP) is 1.32. The number of hydrogen-bond donors (Lipinski definition) is 1. The van der Waals surface area contributed by atoms with Crippen molar-refractivity contribution < 1.29 is 4.79 Å². The lowest BCUT2D eigenvalue weighted by molar-refractivity contribution is -0.116. The summed E-state index contributed by atoms with van der Waals surface area (Å²) in [5, 5.41) is 10.6. The lowest BCUT2D eigenvalue weighted by Gasteiger charge is -2.01. The topological polar surface area (TPSA) is 77.6 Å². The molecule has 0 aliphatic heterocycles. The molecule has 0 atom stereocenters. The number of aryl methyl sites for hydroxylation is 1. The van der Waals surface area contributed by atoms with E-state index in [0.29, 0.717) is 5.82 Å².